The minimum Gasteiger partial charge on any atom is -0.293 e. The first-order chi connectivity index (χ1) is 8.49. The van der Waals surface area contributed by atoms with Gasteiger partial charge in [0.05, 0.1) is 11.1 Å². The Balaban J connectivity index is 3.09. The molecular weight excluding hydrogens is 258 g/mol. The molecule has 1 N–H and O–H groups in total. The average Bonchev–Trinajstić information content (AvgIpc) is 2.31. The number of nitro groups is 1. The maximum atomic E-state index is 11.5. The lowest BCUT2D eigenvalue weighted by molar-refractivity contribution is -0.386. The molecule has 0 fully saturated rings. The molecule has 0 aliphatic rings. The summed E-state index contributed by atoms with van der Waals surface area (Å²) in [6.07, 6.45) is 2.79. The summed E-state index contributed by atoms with van der Waals surface area (Å²) in [7, 11) is 0. The highest BCUT2D eigenvalue weighted by atomic mass is 32.1. The lowest BCUT2D eigenvalue weighted by Gasteiger charge is -2.14. The first kappa shape index (κ1) is 14.5. The van der Waals surface area contributed by atoms with Crippen molar-refractivity contribution >= 4 is 18.3 Å². The Morgan fingerprint density at radius 2 is 2.22 bits per heavy atom. The highest BCUT2D eigenvalue weighted by Gasteiger charge is 2.16. The molecule has 1 aromatic heterocycles. The van der Waals surface area contributed by atoms with Crippen LogP contribution in [0.3, 0.4) is 0 Å². The lowest BCUT2D eigenvalue weighted by atomic mass is 10.1. The number of thiol groups is 1. The van der Waals surface area contributed by atoms with E-state index in [1.54, 1.807) is 0 Å². The summed E-state index contributed by atoms with van der Waals surface area (Å²) in [5, 5.41) is 10.6. The number of H-pyrrole nitrogens is 1. The minimum atomic E-state index is -0.973. The molecule has 100 valence electrons. The van der Waals surface area contributed by atoms with Crippen LogP contribution in [0.25, 0.3) is 0 Å². The van der Waals surface area contributed by atoms with Crippen molar-refractivity contribution in [1.29, 1.82) is 0 Å². The van der Waals surface area contributed by atoms with Crippen LogP contribution in [-0.4, -0.2) is 20.2 Å². The average molecular weight is 273 g/mol. The molecule has 0 radical (unpaired) electrons. The summed E-state index contributed by atoms with van der Waals surface area (Å²) in [6, 6.07) is 0. The van der Waals surface area contributed by atoms with Gasteiger partial charge in [-0.05, 0) is 18.1 Å². The Kier molecular flexibility index (Phi) is 5.14. The van der Waals surface area contributed by atoms with Gasteiger partial charge in [0, 0.05) is 6.54 Å². The fraction of sp³-hybridized carbons (Fsp3) is 0.600. The van der Waals surface area contributed by atoms with Gasteiger partial charge in [0.2, 0.25) is 0 Å². The lowest BCUT2D eigenvalue weighted by Crippen LogP contribution is -2.32. The number of rotatable bonds is 6. The van der Waals surface area contributed by atoms with Crippen molar-refractivity contribution in [2.24, 2.45) is 5.92 Å². The van der Waals surface area contributed by atoms with Crippen molar-refractivity contribution in [2.45, 2.75) is 26.3 Å². The Hall–Kier alpha value is -1.57. The highest BCUT2D eigenvalue weighted by molar-refractivity contribution is 7.80. The molecule has 0 bridgehead atoms. The normalized spacial score (nSPS) is 12.3. The maximum absolute atomic E-state index is 11.5. The van der Waals surface area contributed by atoms with Crippen LogP contribution in [0.5, 0.6) is 0 Å². The van der Waals surface area contributed by atoms with E-state index in [0.29, 0.717) is 12.3 Å². The van der Waals surface area contributed by atoms with Crippen molar-refractivity contribution < 1.29 is 4.92 Å². The summed E-state index contributed by atoms with van der Waals surface area (Å²) in [6.45, 7) is 2.32. The van der Waals surface area contributed by atoms with Gasteiger partial charge in [-0.2, -0.15) is 12.6 Å². The van der Waals surface area contributed by atoms with E-state index in [-0.39, 0.29) is 5.92 Å². The van der Waals surface area contributed by atoms with E-state index < -0.39 is 21.9 Å². The third-order valence-corrected chi connectivity index (χ3v) is 3.12. The molecule has 1 aromatic rings. The molecule has 18 heavy (non-hydrogen) atoms. The van der Waals surface area contributed by atoms with E-state index in [0.717, 1.165) is 23.6 Å². The molecule has 0 amide bonds. The second kappa shape index (κ2) is 6.39. The van der Waals surface area contributed by atoms with Crippen molar-refractivity contribution in [3.63, 3.8) is 0 Å². The topological polar surface area (TPSA) is 98.0 Å². The van der Waals surface area contributed by atoms with E-state index >= 15 is 0 Å². The Labute approximate surface area is 108 Å². The SMILES string of the molecule is CCCC(CS)Cn1cc([N+](=O)[O-])c(=O)[nH]c1=O. The van der Waals surface area contributed by atoms with Crippen LogP contribution in [-0.2, 0) is 6.54 Å². The van der Waals surface area contributed by atoms with Gasteiger partial charge in [0.25, 0.3) is 0 Å². The van der Waals surface area contributed by atoms with Gasteiger partial charge in [-0.15, -0.1) is 0 Å². The van der Waals surface area contributed by atoms with Crippen LogP contribution in [0.1, 0.15) is 19.8 Å². The second-order valence-electron chi connectivity index (χ2n) is 4.02. The Morgan fingerprint density at radius 3 is 2.72 bits per heavy atom. The summed E-state index contributed by atoms with van der Waals surface area (Å²) in [4.78, 5) is 34.5. The zero-order chi connectivity index (χ0) is 13.7. The van der Waals surface area contributed by atoms with Crippen molar-refractivity contribution in [3.05, 3.63) is 37.1 Å². The summed E-state index contributed by atoms with van der Waals surface area (Å²) in [5.41, 5.74) is -2.23. The van der Waals surface area contributed by atoms with Gasteiger partial charge in [0.1, 0.15) is 0 Å². The van der Waals surface area contributed by atoms with Crippen LogP contribution >= 0.6 is 12.6 Å². The molecule has 1 rings (SSSR count). The summed E-state index contributed by atoms with van der Waals surface area (Å²) >= 11 is 4.18. The van der Waals surface area contributed by atoms with Crippen LogP contribution in [0.15, 0.2) is 15.8 Å². The van der Waals surface area contributed by atoms with E-state index in [9.17, 15) is 19.7 Å². The van der Waals surface area contributed by atoms with Crippen LogP contribution in [0, 0.1) is 16.0 Å². The molecule has 1 atom stereocenters. The maximum Gasteiger partial charge on any atom is 0.350 e. The fourth-order valence-electron chi connectivity index (χ4n) is 1.69. The molecule has 0 aromatic carbocycles. The number of aromatic amines is 1. The fourth-order valence-corrected chi connectivity index (χ4v) is 1.99. The predicted molar refractivity (Wildman–Crippen MR) is 70.2 cm³/mol. The summed E-state index contributed by atoms with van der Waals surface area (Å²) < 4.78 is 1.16. The molecular formula is C10H15N3O4S. The third-order valence-electron chi connectivity index (χ3n) is 2.60. The predicted octanol–water partition coefficient (Wildman–Crippen LogP) is 0.791. The third kappa shape index (κ3) is 3.46. The number of nitrogens with zero attached hydrogens (tertiary/aromatic N) is 2. The molecule has 8 heteroatoms. The zero-order valence-corrected chi connectivity index (χ0v) is 10.9. The molecule has 0 spiro atoms. The largest absolute Gasteiger partial charge is 0.350 e. The van der Waals surface area contributed by atoms with Gasteiger partial charge in [-0.3, -0.25) is 24.5 Å². The molecule has 0 aliphatic carbocycles. The molecule has 1 heterocycles. The first-order valence-corrected chi connectivity index (χ1v) is 6.21. The van der Waals surface area contributed by atoms with Crippen LogP contribution in [0.4, 0.5) is 5.69 Å². The van der Waals surface area contributed by atoms with Gasteiger partial charge >= 0.3 is 16.9 Å². The molecule has 0 aliphatic heterocycles. The van der Waals surface area contributed by atoms with Gasteiger partial charge in [-0.25, -0.2) is 4.79 Å². The quantitative estimate of drug-likeness (QED) is 0.455. The van der Waals surface area contributed by atoms with Gasteiger partial charge in [-0.1, -0.05) is 13.3 Å². The Morgan fingerprint density at radius 1 is 1.56 bits per heavy atom. The summed E-state index contributed by atoms with van der Waals surface area (Å²) in [5.74, 6) is 0.717. The zero-order valence-electron chi connectivity index (χ0n) is 9.96. The van der Waals surface area contributed by atoms with Gasteiger partial charge < -0.3 is 0 Å². The van der Waals surface area contributed by atoms with Gasteiger partial charge in [0.15, 0.2) is 0 Å². The van der Waals surface area contributed by atoms with E-state index in [4.69, 9.17) is 0 Å². The number of nitrogens with one attached hydrogen (secondary N) is 1. The smallest absolute Gasteiger partial charge is 0.293 e. The van der Waals surface area contributed by atoms with Crippen LogP contribution < -0.4 is 11.2 Å². The van der Waals surface area contributed by atoms with Crippen LogP contribution in [0.2, 0.25) is 0 Å². The molecule has 7 nitrogen and oxygen atoms in total. The van der Waals surface area contributed by atoms with Crippen molar-refractivity contribution in [3.8, 4) is 0 Å². The van der Waals surface area contributed by atoms with Crippen molar-refractivity contribution in [2.75, 3.05) is 5.75 Å². The number of hydrogen-bond donors (Lipinski definition) is 2. The van der Waals surface area contributed by atoms with Crippen molar-refractivity contribution in [1.82, 2.24) is 9.55 Å². The van der Waals surface area contributed by atoms with E-state index in [1.807, 2.05) is 11.9 Å². The molecule has 1 unspecified atom stereocenters. The monoisotopic (exact) mass is 273 g/mol. The number of hydrogen-bond acceptors (Lipinski definition) is 5. The minimum absolute atomic E-state index is 0.140. The van der Waals surface area contributed by atoms with E-state index in [2.05, 4.69) is 12.6 Å². The highest BCUT2D eigenvalue weighted by Crippen LogP contribution is 2.11. The Bertz CT molecular complexity index is 537. The van der Waals surface area contributed by atoms with E-state index in [1.165, 1.54) is 0 Å². The molecule has 0 saturated carbocycles. The second-order valence-corrected chi connectivity index (χ2v) is 4.39. The first-order valence-electron chi connectivity index (χ1n) is 5.58. The molecule has 0 saturated heterocycles. The number of aromatic nitrogens is 2. The standard InChI is InChI=1S/C10H15N3O4S/c1-2-3-7(6-18)4-12-5-8(13(16)17)9(14)11-10(12)15/h5,7,18H,2-4,6H2,1H3,(H,11,14,15).